The maximum atomic E-state index is 13.4. The van der Waals surface area contributed by atoms with Crippen LogP contribution in [0.15, 0.2) is 36.5 Å². The van der Waals surface area contributed by atoms with Gasteiger partial charge in [0.2, 0.25) is 11.9 Å². The molecule has 8 nitrogen and oxygen atoms in total. The summed E-state index contributed by atoms with van der Waals surface area (Å²) in [5, 5.41) is 15.2. The highest BCUT2D eigenvalue weighted by atomic mass is 19.4. The number of halogens is 3. The fourth-order valence-corrected chi connectivity index (χ4v) is 2.11. The summed E-state index contributed by atoms with van der Waals surface area (Å²) in [5.41, 5.74) is -3.34. The molecule has 0 aliphatic heterocycles. The van der Waals surface area contributed by atoms with Crippen LogP contribution in [0.2, 0.25) is 0 Å². The van der Waals surface area contributed by atoms with Crippen molar-refractivity contribution in [2.24, 2.45) is 0 Å². The summed E-state index contributed by atoms with van der Waals surface area (Å²) in [5.74, 6) is -1.34. The van der Waals surface area contributed by atoms with Crippen LogP contribution in [0.5, 0.6) is 0 Å². The van der Waals surface area contributed by atoms with Crippen molar-refractivity contribution in [1.82, 2.24) is 24.9 Å². The molecule has 0 spiro atoms. The second-order valence-corrected chi connectivity index (χ2v) is 6.61. The van der Waals surface area contributed by atoms with Gasteiger partial charge in [0.15, 0.2) is 5.82 Å². The average molecular weight is 424 g/mol. The topological polar surface area (TPSA) is 109 Å². The lowest BCUT2D eigenvalue weighted by molar-refractivity contribution is -0.141. The van der Waals surface area contributed by atoms with Gasteiger partial charge in [-0.2, -0.15) is 28.1 Å². The van der Waals surface area contributed by atoms with E-state index in [0.717, 1.165) is 0 Å². The predicted molar refractivity (Wildman–Crippen MR) is 105 cm³/mol. The van der Waals surface area contributed by atoms with E-state index in [1.807, 2.05) is 0 Å². The van der Waals surface area contributed by atoms with Crippen LogP contribution in [0.1, 0.15) is 32.1 Å². The second kappa shape index (κ2) is 8.19. The molecule has 11 heteroatoms. The van der Waals surface area contributed by atoms with Crippen molar-refractivity contribution in [3.8, 4) is 11.5 Å². The normalized spacial score (nSPS) is 14.8. The van der Waals surface area contributed by atoms with Gasteiger partial charge in [-0.05, 0) is 45.0 Å². The van der Waals surface area contributed by atoms with Crippen molar-refractivity contribution in [1.29, 1.82) is 0 Å². The van der Waals surface area contributed by atoms with Crippen molar-refractivity contribution >= 4 is 17.6 Å². The minimum Gasteiger partial charge on any atom is -0.389 e. The number of aryl methyl sites for hydroxylation is 1. The molecule has 0 amide bonds. The minimum absolute atomic E-state index is 0.258. The highest BCUT2D eigenvalue weighted by Crippen LogP contribution is 2.29. The van der Waals surface area contributed by atoms with Crippen LogP contribution >= 0.6 is 0 Å². The third-order valence-electron chi connectivity index (χ3n) is 3.33. The zero-order valence-corrected chi connectivity index (χ0v) is 16.0. The number of hydrogen-bond acceptors (Lipinski definition) is 8. The standard InChI is InChI=1S/C19H20F3N7O/c1-11-9-12(7-8-23-11)25-17-28-15(27-16(29-17)24-10-18(2,3)30)13-5-4-6-14(26-13)19(20,21)22/h4-9,30H,10H2,1-3H3,(H2,23,24,25,27,28,29)/i4D,5D,6D,10D2. The maximum absolute atomic E-state index is 13.4. The molecule has 0 aliphatic carbocycles. The first-order valence-corrected chi connectivity index (χ1v) is 8.51. The summed E-state index contributed by atoms with van der Waals surface area (Å²) in [6.07, 6.45) is -3.61. The third kappa shape index (κ3) is 5.83. The Morgan fingerprint density at radius 2 is 1.87 bits per heavy atom. The Bertz CT molecular complexity index is 1270. The summed E-state index contributed by atoms with van der Waals surface area (Å²) in [4.78, 5) is 19.3. The summed E-state index contributed by atoms with van der Waals surface area (Å²) >= 11 is 0. The van der Waals surface area contributed by atoms with E-state index >= 15 is 0 Å². The third-order valence-corrected chi connectivity index (χ3v) is 3.33. The van der Waals surface area contributed by atoms with Crippen molar-refractivity contribution in [3.05, 3.63) is 47.8 Å². The average Bonchev–Trinajstić information content (AvgIpc) is 2.70. The number of alkyl halides is 3. The fourth-order valence-electron chi connectivity index (χ4n) is 2.11. The van der Waals surface area contributed by atoms with Gasteiger partial charge >= 0.3 is 6.18 Å². The molecule has 30 heavy (non-hydrogen) atoms. The summed E-state index contributed by atoms with van der Waals surface area (Å²) in [7, 11) is 0. The second-order valence-electron chi connectivity index (χ2n) is 6.61. The number of rotatable bonds is 6. The lowest BCUT2D eigenvalue weighted by Gasteiger charge is -2.18. The lowest BCUT2D eigenvalue weighted by atomic mass is 10.1. The van der Waals surface area contributed by atoms with Crippen molar-refractivity contribution in [2.45, 2.75) is 32.5 Å². The van der Waals surface area contributed by atoms with Crippen molar-refractivity contribution in [2.75, 3.05) is 17.1 Å². The summed E-state index contributed by atoms with van der Waals surface area (Å²) < 4.78 is 79.7. The van der Waals surface area contributed by atoms with Gasteiger partial charge in [-0.1, -0.05) is 6.04 Å². The zero-order valence-electron chi connectivity index (χ0n) is 21.0. The molecule has 0 fully saturated rings. The number of hydrogen-bond donors (Lipinski definition) is 3. The number of aromatic nitrogens is 5. The number of nitrogens with one attached hydrogen (secondary N) is 2. The van der Waals surface area contributed by atoms with Crippen LogP contribution in [0.4, 0.5) is 30.8 Å². The molecule has 0 bridgehead atoms. The number of nitrogens with zero attached hydrogens (tertiary/aromatic N) is 5. The highest BCUT2D eigenvalue weighted by molar-refractivity contribution is 5.59. The Balaban J connectivity index is 2.21. The van der Waals surface area contributed by atoms with Crippen molar-refractivity contribution in [3.63, 3.8) is 0 Å². The molecule has 0 atom stereocenters. The molecule has 3 aromatic heterocycles. The van der Waals surface area contributed by atoms with E-state index in [1.54, 1.807) is 19.1 Å². The van der Waals surface area contributed by atoms with Gasteiger partial charge < -0.3 is 15.7 Å². The first-order chi connectivity index (χ1) is 16.0. The van der Waals surface area contributed by atoms with Gasteiger partial charge in [-0.25, -0.2) is 4.98 Å². The van der Waals surface area contributed by atoms with E-state index in [0.29, 0.717) is 11.4 Å². The molecule has 3 heterocycles. The zero-order chi connectivity index (χ0) is 26.3. The quantitative estimate of drug-likeness (QED) is 0.551. The Morgan fingerprint density at radius 1 is 1.13 bits per heavy atom. The van der Waals surface area contributed by atoms with Crippen LogP contribution in [0.25, 0.3) is 11.5 Å². The predicted octanol–water partition coefficient (Wildman–Crippen LogP) is 3.58. The van der Waals surface area contributed by atoms with Gasteiger partial charge in [0.25, 0.3) is 0 Å². The first-order valence-electron chi connectivity index (χ1n) is 11.0. The molecular weight excluding hydrogens is 399 g/mol. The number of anilines is 3. The molecule has 0 aliphatic rings. The number of pyridine rings is 2. The first kappa shape index (κ1) is 15.5. The smallest absolute Gasteiger partial charge is 0.389 e. The van der Waals surface area contributed by atoms with Crippen LogP contribution in [-0.4, -0.2) is 42.1 Å². The van der Waals surface area contributed by atoms with Gasteiger partial charge in [0, 0.05) is 24.1 Å². The molecule has 3 aromatic rings. The molecule has 3 N–H and O–H groups in total. The fraction of sp³-hybridized carbons (Fsp3) is 0.316. The van der Waals surface area contributed by atoms with E-state index in [4.69, 9.17) is 6.85 Å². The summed E-state index contributed by atoms with van der Waals surface area (Å²) in [6, 6.07) is 0.00787. The highest BCUT2D eigenvalue weighted by Gasteiger charge is 2.32. The maximum Gasteiger partial charge on any atom is 0.433 e. The number of aliphatic hydroxyl groups is 1. The Labute approximate surface area is 177 Å². The lowest BCUT2D eigenvalue weighted by Crippen LogP contribution is -2.30. The minimum atomic E-state index is -5.09. The largest absolute Gasteiger partial charge is 0.433 e. The van der Waals surface area contributed by atoms with E-state index in [-0.39, 0.29) is 5.95 Å². The van der Waals surface area contributed by atoms with E-state index < -0.39 is 59.6 Å². The molecule has 158 valence electrons. The van der Waals surface area contributed by atoms with Gasteiger partial charge in [0.05, 0.1) is 12.5 Å². The van der Waals surface area contributed by atoms with Gasteiger partial charge in [-0.3, -0.25) is 4.98 Å². The van der Waals surface area contributed by atoms with Crippen LogP contribution in [-0.2, 0) is 6.18 Å². The van der Waals surface area contributed by atoms with Gasteiger partial charge in [0.1, 0.15) is 11.4 Å². The Morgan fingerprint density at radius 3 is 2.53 bits per heavy atom. The van der Waals surface area contributed by atoms with Gasteiger partial charge in [-0.15, -0.1) is 0 Å². The molecule has 3 rings (SSSR count). The van der Waals surface area contributed by atoms with Crippen LogP contribution in [0, 0.1) is 6.92 Å². The van der Waals surface area contributed by atoms with E-state index in [2.05, 4.69) is 35.6 Å². The van der Waals surface area contributed by atoms with Crippen molar-refractivity contribution < 1.29 is 25.1 Å². The molecule has 0 saturated carbocycles. The Hall–Kier alpha value is -3.34. The molecule has 0 radical (unpaired) electrons. The summed E-state index contributed by atoms with van der Waals surface area (Å²) in [6.45, 7) is 1.57. The molecule has 0 aromatic carbocycles. The van der Waals surface area contributed by atoms with Crippen LogP contribution in [0.3, 0.4) is 0 Å². The Kier molecular flexibility index (Phi) is 4.23. The molecule has 0 saturated heterocycles. The molecule has 0 unspecified atom stereocenters. The SMILES string of the molecule is [2H]c1c(-c2nc(Nc3ccnc(C)c3)nc(NC([2H])([2H])C(C)(C)O)n2)nc(C(F)(F)F)c([2H])c1[2H]. The monoisotopic (exact) mass is 424 g/mol. The van der Waals surface area contributed by atoms with Crippen LogP contribution < -0.4 is 10.6 Å². The molecular formula is C19H20F3N7O. The van der Waals surface area contributed by atoms with E-state index in [9.17, 15) is 18.3 Å². The van der Waals surface area contributed by atoms with E-state index in [1.165, 1.54) is 20.0 Å².